The molecule has 0 radical (unpaired) electrons. The highest BCUT2D eigenvalue weighted by molar-refractivity contribution is 5.81. The van der Waals surface area contributed by atoms with Gasteiger partial charge in [0.05, 0.1) is 13.2 Å². The van der Waals surface area contributed by atoms with E-state index < -0.39 is 6.10 Å². The number of carbonyl (C=O) groups is 1. The molecule has 2 atom stereocenters. The van der Waals surface area contributed by atoms with Gasteiger partial charge in [0.25, 0.3) is 5.91 Å². The number of nitrogens with one attached hydrogen (secondary N) is 1. The Morgan fingerprint density at radius 1 is 0.963 bits per heavy atom. The van der Waals surface area contributed by atoms with Gasteiger partial charge in [0.1, 0.15) is 11.5 Å². The molecule has 0 saturated heterocycles. The van der Waals surface area contributed by atoms with Crippen molar-refractivity contribution in [2.75, 3.05) is 7.11 Å². The molecule has 1 amide bonds. The minimum atomic E-state index is -0.570. The summed E-state index contributed by atoms with van der Waals surface area (Å²) in [5.41, 5.74) is 3.30. The highest BCUT2D eigenvalue weighted by Crippen LogP contribution is 2.24. The highest BCUT2D eigenvalue weighted by atomic mass is 16.5. The second-order valence-corrected chi connectivity index (χ2v) is 7.55. The monoisotopic (exact) mass is 369 g/mol. The van der Waals surface area contributed by atoms with Crippen molar-refractivity contribution in [2.45, 2.75) is 53.2 Å². The van der Waals surface area contributed by atoms with Crippen molar-refractivity contribution >= 4 is 5.91 Å². The minimum absolute atomic E-state index is 0.0614. The number of rotatable bonds is 8. The second kappa shape index (κ2) is 9.45. The lowest BCUT2D eigenvalue weighted by Gasteiger charge is -2.24. The fraction of sp³-hybridized carbons (Fsp3) is 0.435. The van der Waals surface area contributed by atoms with Crippen LogP contribution in [0.3, 0.4) is 0 Å². The Morgan fingerprint density at radius 2 is 1.56 bits per heavy atom. The van der Waals surface area contributed by atoms with Crippen molar-refractivity contribution in [1.29, 1.82) is 0 Å². The Balaban J connectivity index is 2.09. The summed E-state index contributed by atoms with van der Waals surface area (Å²) in [6.07, 6.45) is 0.285. The molecule has 27 heavy (non-hydrogen) atoms. The maximum absolute atomic E-state index is 12.7. The summed E-state index contributed by atoms with van der Waals surface area (Å²) in [6.45, 7) is 10.1. The molecule has 0 unspecified atom stereocenters. The lowest BCUT2D eigenvalue weighted by molar-refractivity contribution is -0.128. The number of methoxy groups -OCH3 is 1. The van der Waals surface area contributed by atoms with E-state index in [0.717, 1.165) is 34.6 Å². The van der Waals surface area contributed by atoms with Crippen molar-refractivity contribution in [3.05, 3.63) is 59.2 Å². The smallest absolute Gasteiger partial charge is 0.261 e. The van der Waals surface area contributed by atoms with Crippen LogP contribution < -0.4 is 14.8 Å². The fourth-order valence-electron chi connectivity index (χ4n) is 3.13. The Hall–Kier alpha value is -2.49. The predicted octanol–water partition coefficient (Wildman–Crippen LogP) is 4.98. The van der Waals surface area contributed by atoms with Gasteiger partial charge in [-0.1, -0.05) is 32.0 Å². The molecule has 2 aromatic carbocycles. The van der Waals surface area contributed by atoms with E-state index in [4.69, 9.17) is 9.47 Å². The van der Waals surface area contributed by atoms with Crippen LogP contribution in [-0.4, -0.2) is 19.1 Å². The van der Waals surface area contributed by atoms with Crippen LogP contribution in [0.15, 0.2) is 42.5 Å². The molecule has 2 aromatic rings. The summed E-state index contributed by atoms with van der Waals surface area (Å²) in [6, 6.07) is 13.8. The van der Waals surface area contributed by atoms with Crippen molar-refractivity contribution in [3.8, 4) is 11.5 Å². The lowest BCUT2D eigenvalue weighted by Crippen LogP contribution is -2.39. The molecule has 0 aliphatic heterocycles. The Morgan fingerprint density at radius 3 is 2.07 bits per heavy atom. The van der Waals surface area contributed by atoms with Crippen LogP contribution in [-0.2, 0) is 4.79 Å². The molecule has 0 aromatic heterocycles. The molecule has 0 aliphatic carbocycles. The van der Waals surface area contributed by atoms with E-state index >= 15 is 0 Å². The molecule has 0 bridgehead atoms. The van der Waals surface area contributed by atoms with Crippen LogP contribution in [0.5, 0.6) is 11.5 Å². The normalized spacial score (nSPS) is 13.1. The number of amides is 1. The third-order valence-electron chi connectivity index (χ3n) is 4.42. The van der Waals surface area contributed by atoms with E-state index in [1.807, 2.05) is 50.2 Å². The average Bonchev–Trinajstić information content (AvgIpc) is 2.59. The van der Waals surface area contributed by atoms with Crippen LogP contribution in [0, 0.1) is 19.8 Å². The number of hydrogen-bond acceptors (Lipinski definition) is 3. The fourth-order valence-corrected chi connectivity index (χ4v) is 3.13. The topological polar surface area (TPSA) is 47.6 Å². The summed E-state index contributed by atoms with van der Waals surface area (Å²) < 4.78 is 11.1. The van der Waals surface area contributed by atoms with Crippen molar-refractivity contribution in [1.82, 2.24) is 5.32 Å². The molecule has 0 aliphatic rings. The Bertz CT molecular complexity index is 732. The van der Waals surface area contributed by atoms with Crippen LogP contribution in [0.4, 0.5) is 0 Å². The van der Waals surface area contributed by atoms with E-state index in [1.165, 1.54) is 0 Å². The first kappa shape index (κ1) is 20.8. The molecule has 1 N–H and O–H groups in total. The Labute approximate surface area is 162 Å². The van der Waals surface area contributed by atoms with Crippen LogP contribution >= 0.6 is 0 Å². The summed E-state index contributed by atoms with van der Waals surface area (Å²) in [5, 5.41) is 3.15. The van der Waals surface area contributed by atoms with Gasteiger partial charge in [0, 0.05) is 0 Å². The minimum Gasteiger partial charge on any atom is -0.497 e. The number of aryl methyl sites for hydroxylation is 2. The molecule has 0 saturated carbocycles. The predicted molar refractivity (Wildman–Crippen MR) is 109 cm³/mol. The van der Waals surface area contributed by atoms with Gasteiger partial charge in [-0.25, -0.2) is 0 Å². The number of carbonyl (C=O) groups excluding carboxylic acids is 1. The van der Waals surface area contributed by atoms with Crippen molar-refractivity contribution < 1.29 is 14.3 Å². The number of ether oxygens (including phenoxy) is 2. The third-order valence-corrected chi connectivity index (χ3v) is 4.42. The first-order valence-electron chi connectivity index (χ1n) is 9.47. The van der Waals surface area contributed by atoms with Gasteiger partial charge < -0.3 is 14.8 Å². The SMILES string of the molecule is COc1ccc([C@@H](CC(C)C)NC(=O)[C@@H](C)Oc2cc(C)cc(C)c2)cc1. The first-order valence-corrected chi connectivity index (χ1v) is 9.47. The molecule has 0 heterocycles. The second-order valence-electron chi connectivity index (χ2n) is 7.55. The molecule has 4 nitrogen and oxygen atoms in total. The molecular weight excluding hydrogens is 338 g/mol. The quantitative estimate of drug-likeness (QED) is 0.714. The molecule has 146 valence electrons. The van der Waals surface area contributed by atoms with E-state index in [1.54, 1.807) is 14.0 Å². The zero-order chi connectivity index (χ0) is 20.0. The van der Waals surface area contributed by atoms with Crippen molar-refractivity contribution in [2.24, 2.45) is 5.92 Å². The van der Waals surface area contributed by atoms with E-state index in [2.05, 4.69) is 25.2 Å². The van der Waals surface area contributed by atoms with Gasteiger partial charge >= 0.3 is 0 Å². The molecule has 0 fully saturated rings. The zero-order valence-electron chi connectivity index (χ0n) is 17.2. The number of benzene rings is 2. The molecule has 4 heteroatoms. The summed E-state index contributed by atoms with van der Waals surface area (Å²) in [5.74, 6) is 1.86. The van der Waals surface area contributed by atoms with Gasteiger partial charge in [-0.05, 0) is 74.1 Å². The zero-order valence-corrected chi connectivity index (χ0v) is 17.2. The molecule has 2 rings (SSSR count). The highest BCUT2D eigenvalue weighted by Gasteiger charge is 2.21. The molecular formula is C23H31NO3. The van der Waals surface area contributed by atoms with E-state index in [0.29, 0.717) is 5.92 Å². The third kappa shape index (κ3) is 6.31. The standard InChI is InChI=1S/C23H31NO3/c1-15(2)11-22(19-7-9-20(26-6)10-8-19)24-23(25)18(5)27-21-13-16(3)12-17(4)14-21/h7-10,12-15,18,22H,11H2,1-6H3,(H,24,25)/t18-,22-/m1/s1. The van der Waals surface area contributed by atoms with Gasteiger partial charge in [-0.2, -0.15) is 0 Å². The lowest BCUT2D eigenvalue weighted by atomic mass is 9.96. The van der Waals surface area contributed by atoms with Gasteiger partial charge in [0.2, 0.25) is 0 Å². The Kier molecular flexibility index (Phi) is 7.28. The van der Waals surface area contributed by atoms with Crippen LogP contribution in [0.1, 0.15) is 49.9 Å². The first-order chi connectivity index (χ1) is 12.8. The van der Waals surface area contributed by atoms with Crippen LogP contribution in [0.2, 0.25) is 0 Å². The maximum atomic E-state index is 12.7. The average molecular weight is 370 g/mol. The summed E-state index contributed by atoms with van der Waals surface area (Å²) in [4.78, 5) is 12.7. The van der Waals surface area contributed by atoms with Gasteiger partial charge in [0.15, 0.2) is 6.10 Å². The van der Waals surface area contributed by atoms with Gasteiger partial charge in [-0.15, -0.1) is 0 Å². The van der Waals surface area contributed by atoms with Crippen LogP contribution in [0.25, 0.3) is 0 Å². The van der Waals surface area contributed by atoms with E-state index in [9.17, 15) is 4.79 Å². The maximum Gasteiger partial charge on any atom is 0.261 e. The molecule has 0 spiro atoms. The summed E-state index contributed by atoms with van der Waals surface area (Å²) >= 11 is 0. The largest absolute Gasteiger partial charge is 0.497 e. The van der Waals surface area contributed by atoms with E-state index in [-0.39, 0.29) is 11.9 Å². The number of hydrogen-bond donors (Lipinski definition) is 1. The van der Waals surface area contributed by atoms with Gasteiger partial charge in [-0.3, -0.25) is 4.79 Å². The summed E-state index contributed by atoms with van der Waals surface area (Å²) in [7, 11) is 1.65. The van der Waals surface area contributed by atoms with Crippen molar-refractivity contribution in [3.63, 3.8) is 0 Å².